The Kier molecular flexibility index (Phi) is 4.14. The van der Waals surface area contributed by atoms with E-state index in [1.54, 1.807) is 7.05 Å². The standard InChI is InChI=1S/C8H16N2O3/c1-9-7(11)5-10(2)6-8-12-3-4-13-8/h8H,3-6H2,1-2H3,(H,9,11). The van der Waals surface area contributed by atoms with Gasteiger partial charge in [-0.1, -0.05) is 0 Å². The van der Waals surface area contributed by atoms with E-state index in [2.05, 4.69) is 5.32 Å². The molecule has 1 fully saturated rings. The van der Waals surface area contributed by atoms with Gasteiger partial charge in [-0.15, -0.1) is 0 Å². The monoisotopic (exact) mass is 188 g/mol. The van der Waals surface area contributed by atoms with Crippen LogP contribution in [0.15, 0.2) is 0 Å². The molecule has 1 heterocycles. The molecule has 1 rings (SSSR count). The van der Waals surface area contributed by atoms with Gasteiger partial charge in [0.2, 0.25) is 5.91 Å². The zero-order valence-electron chi connectivity index (χ0n) is 8.08. The summed E-state index contributed by atoms with van der Waals surface area (Å²) in [6.07, 6.45) is -0.172. The first-order valence-corrected chi connectivity index (χ1v) is 4.34. The van der Waals surface area contributed by atoms with Gasteiger partial charge >= 0.3 is 0 Å². The summed E-state index contributed by atoms with van der Waals surface area (Å²) < 4.78 is 10.5. The molecule has 1 amide bonds. The van der Waals surface area contributed by atoms with Crippen LogP contribution in [0.5, 0.6) is 0 Å². The Balaban J connectivity index is 2.16. The number of carbonyl (C=O) groups is 1. The van der Waals surface area contributed by atoms with Gasteiger partial charge in [0.25, 0.3) is 0 Å². The first-order chi connectivity index (χ1) is 6.22. The van der Waals surface area contributed by atoms with Crippen molar-refractivity contribution in [2.45, 2.75) is 6.29 Å². The number of hydrogen-bond acceptors (Lipinski definition) is 4. The minimum Gasteiger partial charge on any atom is -0.358 e. The van der Waals surface area contributed by atoms with Crippen LogP contribution in [-0.4, -0.2) is 57.5 Å². The average molecular weight is 188 g/mol. The predicted octanol–water partition coefficient (Wildman–Crippen LogP) is -0.963. The Morgan fingerprint density at radius 2 is 2.15 bits per heavy atom. The third-order valence-electron chi connectivity index (χ3n) is 1.84. The highest BCUT2D eigenvalue weighted by Crippen LogP contribution is 2.04. The molecule has 0 unspecified atom stereocenters. The maximum atomic E-state index is 11.0. The van der Waals surface area contributed by atoms with Crippen LogP contribution in [0.25, 0.3) is 0 Å². The Labute approximate surface area is 78.0 Å². The molecule has 1 aliphatic heterocycles. The molecule has 5 heteroatoms. The van der Waals surface area contributed by atoms with E-state index in [1.165, 1.54) is 0 Å². The summed E-state index contributed by atoms with van der Waals surface area (Å²) in [5.74, 6) is 0.000460. The second-order valence-corrected chi connectivity index (χ2v) is 3.04. The van der Waals surface area contributed by atoms with Crippen molar-refractivity contribution in [1.82, 2.24) is 10.2 Å². The van der Waals surface area contributed by atoms with Gasteiger partial charge in [-0.3, -0.25) is 9.69 Å². The van der Waals surface area contributed by atoms with E-state index in [9.17, 15) is 4.79 Å². The molecule has 0 radical (unpaired) electrons. The van der Waals surface area contributed by atoms with Crippen molar-refractivity contribution in [2.75, 3.05) is 40.4 Å². The number of hydrogen-bond donors (Lipinski definition) is 1. The van der Waals surface area contributed by atoms with Crippen LogP contribution >= 0.6 is 0 Å². The normalized spacial score (nSPS) is 18.1. The SMILES string of the molecule is CNC(=O)CN(C)CC1OCCO1. The van der Waals surface area contributed by atoms with Crippen molar-refractivity contribution in [3.8, 4) is 0 Å². The lowest BCUT2D eigenvalue weighted by Crippen LogP contribution is -2.37. The summed E-state index contributed by atoms with van der Waals surface area (Å²) in [4.78, 5) is 12.8. The molecule has 0 aromatic carbocycles. The molecule has 1 saturated heterocycles. The lowest BCUT2D eigenvalue weighted by atomic mass is 10.5. The number of carbonyl (C=O) groups excluding carboxylic acids is 1. The maximum Gasteiger partial charge on any atom is 0.233 e. The lowest BCUT2D eigenvalue weighted by molar-refractivity contribution is -0.122. The predicted molar refractivity (Wildman–Crippen MR) is 47.3 cm³/mol. The second kappa shape index (κ2) is 5.16. The van der Waals surface area contributed by atoms with E-state index in [0.717, 1.165) is 0 Å². The van der Waals surface area contributed by atoms with Crippen molar-refractivity contribution in [3.05, 3.63) is 0 Å². The second-order valence-electron chi connectivity index (χ2n) is 3.04. The van der Waals surface area contributed by atoms with E-state index < -0.39 is 0 Å². The first-order valence-electron chi connectivity index (χ1n) is 4.34. The Morgan fingerprint density at radius 1 is 1.54 bits per heavy atom. The molecular weight excluding hydrogens is 172 g/mol. The summed E-state index contributed by atoms with van der Waals surface area (Å²) in [6.45, 7) is 2.31. The molecular formula is C8H16N2O3. The fraction of sp³-hybridized carbons (Fsp3) is 0.875. The Bertz CT molecular complexity index is 169. The minimum atomic E-state index is -0.172. The maximum absolute atomic E-state index is 11.0. The molecule has 76 valence electrons. The van der Waals surface area contributed by atoms with E-state index in [4.69, 9.17) is 9.47 Å². The van der Waals surface area contributed by atoms with Crippen LogP contribution in [0.4, 0.5) is 0 Å². The number of ether oxygens (including phenoxy) is 2. The smallest absolute Gasteiger partial charge is 0.233 e. The molecule has 0 aliphatic carbocycles. The number of rotatable bonds is 4. The van der Waals surface area contributed by atoms with E-state index in [1.807, 2.05) is 11.9 Å². The quantitative estimate of drug-likeness (QED) is 0.617. The van der Waals surface area contributed by atoms with Crippen LogP contribution in [0, 0.1) is 0 Å². The Morgan fingerprint density at radius 3 is 2.69 bits per heavy atom. The third kappa shape index (κ3) is 3.71. The number of nitrogens with one attached hydrogen (secondary N) is 1. The van der Waals surface area contributed by atoms with Gasteiger partial charge in [0.05, 0.1) is 19.8 Å². The van der Waals surface area contributed by atoms with E-state index >= 15 is 0 Å². The summed E-state index contributed by atoms with van der Waals surface area (Å²) in [6, 6.07) is 0. The zero-order valence-corrected chi connectivity index (χ0v) is 8.08. The fourth-order valence-corrected chi connectivity index (χ4v) is 1.16. The Hall–Kier alpha value is -0.650. The van der Waals surface area contributed by atoms with Crippen LogP contribution in [-0.2, 0) is 14.3 Å². The van der Waals surface area contributed by atoms with Crippen molar-refractivity contribution in [1.29, 1.82) is 0 Å². The molecule has 0 bridgehead atoms. The van der Waals surface area contributed by atoms with Crippen molar-refractivity contribution in [3.63, 3.8) is 0 Å². The van der Waals surface area contributed by atoms with Crippen LogP contribution in [0.1, 0.15) is 0 Å². The van der Waals surface area contributed by atoms with Gasteiger partial charge in [-0.05, 0) is 7.05 Å². The van der Waals surface area contributed by atoms with Gasteiger partial charge in [-0.2, -0.15) is 0 Å². The van der Waals surface area contributed by atoms with Gasteiger partial charge in [-0.25, -0.2) is 0 Å². The molecule has 13 heavy (non-hydrogen) atoms. The molecule has 0 aromatic rings. The molecule has 1 N–H and O–H groups in total. The van der Waals surface area contributed by atoms with Crippen molar-refractivity contribution < 1.29 is 14.3 Å². The number of likely N-dealkylation sites (N-methyl/N-ethyl adjacent to an activating group) is 2. The molecule has 1 aliphatic rings. The first kappa shape index (κ1) is 10.4. The summed E-state index contributed by atoms with van der Waals surface area (Å²) in [7, 11) is 3.49. The van der Waals surface area contributed by atoms with Crippen molar-refractivity contribution in [2.24, 2.45) is 0 Å². The fourth-order valence-electron chi connectivity index (χ4n) is 1.16. The molecule has 0 saturated carbocycles. The van der Waals surface area contributed by atoms with E-state index in [0.29, 0.717) is 26.3 Å². The van der Waals surface area contributed by atoms with E-state index in [-0.39, 0.29) is 12.2 Å². The van der Waals surface area contributed by atoms with Crippen LogP contribution in [0.3, 0.4) is 0 Å². The summed E-state index contributed by atoms with van der Waals surface area (Å²) >= 11 is 0. The minimum absolute atomic E-state index is 0.000460. The van der Waals surface area contributed by atoms with Gasteiger partial charge in [0, 0.05) is 13.6 Å². The molecule has 0 spiro atoms. The largest absolute Gasteiger partial charge is 0.358 e. The third-order valence-corrected chi connectivity index (χ3v) is 1.84. The van der Waals surface area contributed by atoms with Gasteiger partial charge < -0.3 is 14.8 Å². The summed E-state index contributed by atoms with van der Waals surface area (Å²) in [5, 5.41) is 2.56. The summed E-state index contributed by atoms with van der Waals surface area (Å²) in [5.41, 5.74) is 0. The molecule has 0 atom stereocenters. The highest BCUT2D eigenvalue weighted by atomic mass is 16.7. The van der Waals surface area contributed by atoms with Gasteiger partial charge in [0.15, 0.2) is 6.29 Å². The van der Waals surface area contributed by atoms with Gasteiger partial charge in [0.1, 0.15) is 0 Å². The zero-order chi connectivity index (χ0) is 9.68. The van der Waals surface area contributed by atoms with Crippen molar-refractivity contribution >= 4 is 5.91 Å². The number of amides is 1. The van der Waals surface area contributed by atoms with Crippen LogP contribution < -0.4 is 5.32 Å². The highest BCUT2D eigenvalue weighted by molar-refractivity contribution is 5.77. The number of nitrogens with zero attached hydrogens (tertiary/aromatic N) is 1. The highest BCUT2D eigenvalue weighted by Gasteiger charge is 2.18. The average Bonchev–Trinajstić information content (AvgIpc) is 2.56. The molecule has 0 aromatic heterocycles. The molecule has 5 nitrogen and oxygen atoms in total. The topological polar surface area (TPSA) is 50.8 Å². The lowest BCUT2D eigenvalue weighted by Gasteiger charge is -2.18. The van der Waals surface area contributed by atoms with Crippen LogP contribution in [0.2, 0.25) is 0 Å².